The highest BCUT2D eigenvalue weighted by atomic mass is 35.5. The van der Waals surface area contributed by atoms with Gasteiger partial charge in [0.1, 0.15) is 6.04 Å². The molecule has 0 spiro atoms. The van der Waals surface area contributed by atoms with E-state index in [1.165, 1.54) is 6.07 Å². The molecule has 0 aromatic heterocycles. The average Bonchev–Trinajstić information content (AvgIpc) is 2.94. The van der Waals surface area contributed by atoms with Crippen LogP contribution in [0.3, 0.4) is 0 Å². The number of nitrogens with one attached hydrogen (secondary N) is 2. The van der Waals surface area contributed by atoms with Crippen LogP contribution in [0, 0.1) is 0 Å². The summed E-state index contributed by atoms with van der Waals surface area (Å²) in [6, 6.07) is 4.26. The molecule has 0 bridgehead atoms. The standard InChI is InChI=1S/C15H17ClN2O3/c1-9(2)21-15(20)10-5-6-11(16)13(8-10)18-14(19)12-4-3-7-17-12/h3-6,8-9,12,17H,7H2,1-2H3,(H,18,19). The Hall–Kier alpha value is -1.85. The van der Waals surface area contributed by atoms with Crippen LogP contribution >= 0.6 is 11.6 Å². The molecule has 1 aliphatic heterocycles. The fourth-order valence-electron chi connectivity index (χ4n) is 1.89. The van der Waals surface area contributed by atoms with Gasteiger partial charge in [0.15, 0.2) is 0 Å². The molecule has 0 saturated carbocycles. The molecule has 1 heterocycles. The summed E-state index contributed by atoms with van der Waals surface area (Å²) in [6.45, 7) is 4.20. The zero-order valence-corrected chi connectivity index (χ0v) is 12.6. The lowest BCUT2D eigenvalue weighted by Gasteiger charge is -2.13. The van der Waals surface area contributed by atoms with Crippen molar-refractivity contribution in [1.82, 2.24) is 5.32 Å². The first-order chi connectivity index (χ1) is 9.97. The van der Waals surface area contributed by atoms with Crippen LogP contribution in [-0.2, 0) is 9.53 Å². The highest BCUT2D eigenvalue weighted by Gasteiger charge is 2.19. The maximum atomic E-state index is 12.0. The summed E-state index contributed by atoms with van der Waals surface area (Å²) in [5.74, 6) is -0.670. The second-order valence-electron chi connectivity index (χ2n) is 4.95. The van der Waals surface area contributed by atoms with Crippen molar-refractivity contribution in [2.24, 2.45) is 0 Å². The number of ether oxygens (including phenoxy) is 1. The molecule has 1 atom stereocenters. The monoisotopic (exact) mass is 308 g/mol. The van der Waals surface area contributed by atoms with Crippen LogP contribution in [0.5, 0.6) is 0 Å². The number of carbonyl (C=O) groups is 2. The number of hydrogen-bond donors (Lipinski definition) is 2. The maximum Gasteiger partial charge on any atom is 0.338 e. The first-order valence-electron chi connectivity index (χ1n) is 6.69. The minimum absolute atomic E-state index is 0.209. The summed E-state index contributed by atoms with van der Waals surface area (Å²) >= 11 is 6.05. The number of halogens is 1. The van der Waals surface area contributed by atoms with Gasteiger partial charge in [-0.15, -0.1) is 0 Å². The minimum atomic E-state index is -0.448. The van der Waals surface area contributed by atoms with Gasteiger partial charge in [-0.05, 0) is 32.0 Å². The lowest BCUT2D eigenvalue weighted by Crippen LogP contribution is -2.35. The van der Waals surface area contributed by atoms with Crippen LogP contribution < -0.4 is 10.6 Å². The SMILES string of the molecule is CC(C)OC(=O)c1ccc(Cl)c(NC(=O)C2C=CCN2)c1. The van der Waals surface area contributed by atoms with Crippen molar-refractivity contribution in [1.29, 1.82) is 0 Å². The van der Waals surface area contributed by atoms with E-state index in [0.717, 1.165) is 0 Å². The molecule has 0 fully saturated rings. The first kappa shape index (κ1) is 15.5. The molecule has 1 aliphatic rings. The highest BCUT2D eigenvalue weighted by molar-refractivity contribution is 6.34. The number of amides is 1. The van der Waals surface area contributed by atoms with E-state index < -0.39 is 5.97 Å². The third-order valence-electron chi connectivity index (χ3n) is 2.87. The zero-order chi connectivity index (χ0) is 15.4. The summed E-state index contributed by atoms with van der Waals surface area (Å²) in [5, 5.41) is 6.08. The molecule has 2 rings (SSSR count). The third kappa shape index (κ3) is 4.06. The van der Waals surface area contributed by atoms with Crippen molar-refractivity contribution in [2.75, 3.05) is 11.9 Å². The van der Waals surface area contributed by atoms with Gasteiger partial charge in [-0.3, -0.25) is 10.1 Å². The predicted octanol–water partition coefficient (Wildman–Crippen LogP) is 2.37. The lowest BCUT2D eigenvalue weighted by molar-refractivity contribution is -0.116. The Kier molecular flexibility index (Phi) is 4.98. The zero-order valence-electron chi connectivity index (χ0n) is 11.9. The topological polar surface area (TPSA) is 67.4 Å². The molecule has 1 aromatic carbocycles. The maximum absolute atomic E-state index is 12.0. The van der Waals surface area contributed by atoms with Crippen LogP contribution in [0.4, 0.5) is 5.69 Å². The fraction of sp³-hybridized carbons (Fsp3) is 0.333. The van der Waals surface area contributed by atoms with Gasteiger partial charge in [0.25, 0.3) is 0 Å². The van der Waals surface area contributed by atoms with Gasteiger partial charge in [-0.25, -0.2) is 4.79 Å². The molecule has 2 N–H and O–H groups in total. The van der Waals surface area contributed by atoms with Crippen LogP contribution in [0.2, 0.25) is 5.02 Å². The second kappa shape index (κ2) is 6.74. The Morgan fingerprint density at radius 3 is 2.81 bits per heavy atom. The summed E-state index contributed by atoms with van der Waals surface area (Å²) < 4.78 is 5.12. The van der Waals surface area contributed by atoms with Crippen molar-refractivity contribution < 1.29 is 14.3 Å². The van der Waals surface area contributed by atoms with Crippen molar-refractivity contribution in [2.45, 2.75) is 26.0 Å². The smallest absolute Gasteiger partial charge is 0.338 e. The molecule has 0 saturated heterocycles. The Bertz CT molecular complexity index is 584. The van der Waals surface area contributed by atoms with Crippen LogP contribution in [0.1, 0.15) is 24.2 Å². The number of benzene rings is 1. The normalized spacial score (nSPS) is 17.0. The van der Waals surface area contributed by atoms with Gasteiger partial charge in [-0.2, -0.15) is 0 Å². The molecule has 1 unspecified atom stereocenters. The molecule has 21 heavy (non-hydrogen) atoms. The van der Waals surface area contributed by atoms with Gasteiger partial charge in [-0.1, -0.05) is 23.8 Å². The van der Waals surface area contributed by atoms with Gasteiger partial charge in [0.05, 0.1) is 22.4 Å². The third-order valence-corrected chi connectivity index (χ3v) is 3.20. The van der Waals surface area contributed by atoms with E-state index in [1.54, 1.807) is 32.1 Å². The second-order valence-corrected chi connectivity index (χ2v) is 5.36. The molecular formula is C15H17ClN2O3. The van der Waals surface area contributed by atoms with E-state index >= 15 is 0 Å². The highest BCUT2D eigenvalue weighted by Crippen LogP contribution is 2.24. The van der Waals surface area contributed by atoms with Crippen LogP contribution in [0.25, 0.3) is 0 Å². The quantitative estimate of drug-likeness (QED) is 0.662. The Labute approximate surface area is 128 Å². The Morgan fingerprint density at radius 1 is 1.43 bits per heavy atom. The summed E-state index contributed by atoms with van der Waals surface area (Å²) in [5.41, 5.74) is 0.736. The summed E-state index contributed by atoms with van der Waals surface area (Å²) in [7, 11) is 0. The molecule has 1 aromatic rings. The van der Waals surface area contributed by atoms with Crippen LogP contribution in [0.15, 0.2) is 30.4 Å². The van der Waals surface area contributed by atoms with E-state index in [0.29, 0.717) is 22.8 Å². The van der Waals surface area contributed by atoms with Crippen LogP contribution in [-0.4, -0.2) is 30.6 Å². The number of esters is 1. The van der Waals surface area contributed by atoms with Crippen molar-refractivity contribution in [3.05, 3.63) is 40.9 Å². The average molecular weight is 309 g/mol. The van der Waals surface area contributed by atoms with Gasteiger partial charge >= 0.3 is 5.97 Å². The predicted molar refractivity (Wildman–Crippen MR) is 81.6 cm³/mol. The minimum Gasteiger partial charge on any atom is -0.459 e. The first-order valence-corrected chi connectivity index (χ1v) is 7.06. The molecule has 0 aliphatic carbocycles. The van der Waals surface area contributed by atoms with Crippen molar-refractivity contribution in [3.63, 3.8) is 0 Å². The van der Waals surface area contributed by atoms with Crippen molar-refractivity contribution in [3.8, 4) is 0 Å². The number of hydrogen-bond acceptors (Lipinski definition) is 4. The molecule has 6 heteroatoms. The lowest BCUT2D eigenvalue weighted by atomic mass is 10.2. The molecule has 1 amide bonds. The van der Waals surface area contributed by atoms with E-state index in [1.807, 2.05) is 6.08 Å². The Morgan fingerprint density at radius 2 is 2.19 bits per heavy atom. The summed E-state index contributed by atoms with van der Waals surface area (Å²) in [4.78, 5) is 23.9. The van der Waals surface area contributed by atoms with Gasteiger partial charge in [0, 0.05) is 6.54 Å². The van der Waals surface area contributed by atoms with E-state index in [-0.39, 0.29) is 18.1 Å². The van der Waals surface area contributed by atoms with Gasteiger partial charge < -0.3 is 10.1 Å². The molecule has 5 nitrogen and oxygen atoms in total. The van der Waals surface area contributed by atoms with E-state index in [9.17, 15) is 9.59 Å². The Balaban J connectivity index is 2.13. The molecular weight excluding hydrogens is 292 g/mol. The fourth-order valence-corrected chi connectivity index (χ4v) is 2.05. The van der Waals surface area contributed by atoms with E-state index in [2.05, 4.69) is 10.6 Å². The van der Waals surface area contributed by atoms with Crippen molar-refractivity contribution >= 4 is 29.2 Å². The summed E-state index contributed by atoms with van der Waals surface area (Å²) in [6.07, 6.45) is 3.45. The number of anilines is 1. The largest absolute Gasteiger partial charge is 0.459 e. The van der Waals surface area contributed by atoms with E-state index in [4.69, 9.17) is 16.3 Å². The van der Waals surface area contributed by atoms with Gasteiger partial charge in [0.2, 0.25) is 5.91 Å². The molecule has 112 valence electrons. The number of rotatable bonds is 4. The number of carbonyl (C=O) groups excluding carboxylic acids is 2. The molecule has 0 radical (unpaired) electrons.